The molecule has 32 heavy (non-hydrogen) atoms. The van der Waals surface area contributed by atoms with Crippen molar-refractivity contribution in [3.05, 3.63) is 65.7 Å². The third-order valence-electron chi connectivity index (χ3n) is 5.77. The van der Waals surface area contributed by atoms with Crippen LogP contribution in [0.3, 0.4) is 0 Å². The number of sulfonamides is 1. The van der Waals surface area contributed by atoms with Crippen molar-refractivity contribution in [1.29, 1.82) is 0 Å². The number of Topliss-reactive ketones (excluding diaryl/α,β-unsaturated/α-hetero) is 1. The van der Waals surface area contributed by atoms with Gasteiger partial charge in [0.15, 0.2) is 5.78 Å². The zero-order chi connectivity index (χ0) is 23.7. The Morgan fingerprint density at radius 2 is 1.62 bits per heavy atom. The highest BCUT2D eigenvalue weighted by molar-refractivity contribution is 7.89. The topological polar surface area (TPSA) is 132 Å². The molecular formula is C24H33N3O4S. The van der Waals surface area contributed by atoms with Crippen LogP contribution in [0.2, 0.25) is 0 Å². The molecule has 2 aromatic carbocycles. The highest BCUT2D eigenvalue weighted by Crippen LogP contribution is 2.21. The van der Waals surface area contributed by atoms with Crippen LogP contribution in [-0.4, -0.2) is 32.7 Å². The molecule has 0 aliphatic rings. The summed E-state index contributed by atoms with van der Waals surface area (Å²) in [4.78, 5) is 25.6. The standard InChI is InChI=1S/C24H33N3O4S/c1-3-17(2)21(16-23(28)22(25)15-19-7-5-4-6-8-19)24(29)27-14-13-18-9-11-20(12-10-18)32(26,30)31/h4-12,17,21-22H,3,13-16,25H2,1-2H3,(H,27,29)(H2,26,30,31)/t17?,21-,22-/m1/s1. The number of nitrogens with one attached hydrogen (secondary N) is 1. The minimum absolute atomic E-state index is 0.0388. The van der Waals surface area contributed by atoms with Gasteiger partial charge >= 0.3 is 0 Å². The zero-order valence-electron chi connectivity index (χ0n) is 18.7. The number of nitrogens with two attached hydrogens (primary N) is 2. The molecule has 0 bridgehead atoms. The van der Waals surface area contributed by atoms with Gasteiger partial charge in [0.25, 0.3) is 0 Å². The lowest BCUT2D eigenvalue weighted by atomic mass is 9.84. The quantitative estimate of drug-likeness (QED) is 0.447. The summed E-state index contributed by atoms with van der Waals surface area (Å²) >= 11 is 0. The van der Waals surface area contributed by atoms with Crippen LogP contribution in [-0.2, 0) is 32.5 Å². The molecule has 0 spiro atoms. The van der Waals surface area contributed by atoms with Gasteiger partial charge in [0, 0.05) is 18.9 Å². The molecule has 7 nitrogen and oxygen atoms in total. The SMILES string of the molecule is CCC(C)[C@@H](CC(=O)[C@H](N)Cc1ccccc1)C(=O)NCCc1ccc(S(N)(=O)=O)cc1. The maximum absolute atomic E-state index is 12.8. The number of ketones is 1. The first-order valence-corrected chi connectivity index (χ1v) is 12.4. The van der Waals surface area contributed by atoms with Gasteiger partial charge < -0.3 is 11.1 Å². The van der Waals surface area contributed by atoms with Gasteiger partial charge in [-0.2, -0.15) is 0 Å². The van der Waals surface area contributed by atoms with E-state index < -0.39 is 22.0 Å². The summed E-state index contributed by atoms with van der Waals surface area (Å²) in [5.74, 6) is -0.690. The van der Waals surface area contributed by atoms with Crippen LogP contribution < -0.4 is 16.2 Å². The fourth-order valence-corrected chi connectivity index (χ4v) is 4.01. The molecule has 0 saturated carbocycles. The summed E-state index contributed by atoms with van der Waals surface area (Å²) in [5.41, 5.74) is 7.99. The Morgan fingerprint density at radius 3 is 2.19 bits per heavy atom. The van der Waals surface area contributed by atoms with E-state index in [-0.39, 0.29) is 28.9 Å². The minimum Gasteiger partial charge on any atom is -0.356 e. The largest absolute Gasteiger partial charge is 0.356 e. The van der Waals surface area contributed by atoms with Crippen molar-refractivity contribution in [2.45, 2.75) is 50.5 Å². The number of carbonyl (C=O) groups excluding carboxylic acids is 2. The van der Waals surface area contributed by atoms with Crippen LogP contribution in [0.25, 0.3) is 0 Å². The van der Waals surface area contributed by atoms with Gasteiger partial charge in [-0.05, 0) is 42.0 Å². The van der Waals surface area contributed by atoms with E-state index in [1.807, 2.05) is 44.2 Å². The molecule has 1 unspecified atom stereocenters. The van der Waals surface area contributed by atoms with Gasteiger partial charge in [-0.15, -0.1) is 0 Å². The van der Waals surface area contributed by atoms with Crippen molar-refractivity contribution in [2.75, 3.05) is 6.54 Å². The fraction of sp³-hybridized carbons (Fsp3) is 0.417. The molecule has 8 heteroatoms. The minimum atomic E-state index is -3.73. The van der Waals surface area contributed by atoms with Crippen molar-refractivity contribution in [3.63, 3.8) is 0 Å². The Morgan fingerprint density at radius 1 is 1.00 bits per heavy atom. The van der Waals surface area contributed by atoms with E-state index in [0.29, 0.717) is 19.4 Å². The van der Waals surface area contributed by atoms with Crippen molar-refractivity contribution < 1.29 is 18.0 Å². The van der Waals surface area contributed by atoms with E-state index in [0.717, 1.165) is 17.5 Å². The second-order valence-corrected chi connectivity index (χ2v) is 9.75. The number of carbonyl (C=O) groups is 2. The molecule has 1 amide bonds. The average Bonchev–Trinajstić information content (AvgIpc) is 2.77. The van der Waals surface area contributed by atoms with Gasteiger partial charge in [-0.1, -0.05) is 62.7 Å². The first-order chi connectivity index (χ1) is 15.1. The van der Waals surface area contributed by atoms with Gasteiger partial charge in [0.2, 0.25) is 15.9 Å². The van der Waals surface area contributed by atoms with Gasteiger partial charge in [-0.25, -0.2) is 13.6 Å². The molecule has 2 aromatic rings. The molecule has 2 rings (SSSR count). The normalized spacial score (nSPS) is 14.4. The maximum atomic E-state index is 12.8. The lowest BCUT2D eigenvalue weighted by Crippen LogP contribution is -2.40. The molecule has 0 fully saturated rings. The zero-order valence-corrected chi connectivity index (χ0v) is 19.5. The highest BCUT2D eigenvalue weighted by atomic mass is 32.2. The Kier molecular flexibility index (Phi) is 9.56. The number of rotatable bonds is 12. The van der Waals surface area contributed by atoms with Crippen molar-refractivity contribution in [2.24, 2.45) is 22.7 Å². The third-order valence-corrected chi connectivity index (χ3v) is 6.69. The Labute approximate surface area is 190 Å². The van der Waals surface area contributed by atoms with E-state index in [9.17, 15) is 18.0 Å². The lowest BCUT2D eigenvalue weighted by molar-refractivity contribution is -0.131. The number of benzene rings is 2. The Balaban J connectivity index is 1.92. The first-order valence-electron chi connectivity index (χ1n) is 10.8. The van der Waals surface area contributed by atoms with Gasteiger partial charge in [-0.3, -0.25) is 9.59 Å². The monoisotopic (exact) mass is 459 g/mol. The van der Waals surface area contributed by atoms with Crippen LogP contribution in [0.15, 0.2) is 59.5 Å². The van der Waals surface area contributed by atoms with Crippen molar-refractivity contribution in [3.8, 4) is 0 Å². The van der Waals surface area contributed by atoms with E-state index in [1.54, 1.807) is 12.1 Å². The molecule has 5 N–H and O–H groups in total. The molecule has 0 aliphatic heterocycles. The molecule has 0 aliphatic carbocycles. The number of hydrogen-bond acceptors (Lipinski definition) is 5. The molecule has 0 aromatic heterocycles. The fourth-order valence-electron chi connectivity index (χ4n) is 3.49. The molecule has 0 saturated heterocycles. The second kappa shape index (κ2) is 11.9. The van der Waals surface area contributed by atoms with Gasteiger partial charge in [0.1, 0.15) is 0 Å². The van der Waals surface area contributed by atoms with Crippen LogP contribution >= 0.6 is 0 Å². The summed E-state index contributed by atoms with van der Waals surface area (Å²) in [5, 5.41) is 8.01. The molecule has 3 atom stereocenters. The predicted molar refractivity (Wildman–Crippen MR) is 125 cm³/mol. The Bertz CT molecular complexity index is 992. The third kappa shape index (κ3) is 7.85. The van der Waals surface area contributed by atoms with Gasteiger partial charge in [0.05, 0.1) is 10.9 Å². The van der Waals surface area contributed by atoms with Crippen molar-refractivity contribution >= 4 is 21.7 Å². The van der Waals surface area contributed by atoms with Crippen LogP contribution in [0.4, 0.5) is 0 Å². The summed E-state index contributed by atoms with van der Waals surface area (Å²) in [6.45, 7) is 4.34. The first kappa shape index (κ1) is 25.7. The predicted octanol–water partition coefficient (Wildman–Crippen LogP) is 2.18. The van der Waals surface area contributed by atoms with Crippen molar-refractivity contribution in [1.82, 2.24) is 5.32 Å². The highest BCUT2D eigenvalue weighted by Gasteiger charge is 2.28. The number of primary sulfonamides is 1. The second-order valence-electron chi connectivity index (χ2n) is 8.19. The van der Waals surface area contributed by atoms with E-state index in [2.05, 4.69) is 5.32 Å². The van der Waals surface area contributed by atoms with E-state index in [1.165, 1.54) is 12.1 Å². The van der Waals surface area contributed by atoms with Crippen LogP contribution in [0, 0.1) is 11.8 Å². The smallest absolute Gasteiger partial charge is 0.238 e. The summed E-state index contributed by atoms with van der Waals surface area (Å²) in [6.07, 6.45) is 1.86. The molecule has 0 radical (unpaired) electrons. The van der Waals surface area contributed by atoms with E-state index >= 15 is 0 Å². The number of amides is 1. The average molecular weight is 460 g/mol. The van der Waals surface area contributed by atoms with E-state index in [4.69, 9.17) is 10.9 Å². The molecule has 174 valence electrons. The lowest BCUT2D eigenvalue weighted by Gasteiger charge is -2.23. The molecule has 0 heterocycles. The Hall–Kier alpha value is -2.55. The van der Waals surface area contributed by atoms with Crippen LogP contribution in [0.1, 0.15) is 37.8 Å². The summed E-state index contributed by atoms with van der Waals surface area (Å²) in [7, 11) is -3.73. The number of hydrogen-bond donors (Lipinski definition) is 3. The molecular weight excluding hydrogens is 426 g/mol. The summed E-state index contributed by atoms with van der Waals surface area (Å²) in [6, 6.07) is 15.2. The summed E-state index contributed by atoms with van der Waals surface area (Å²) < 4.78 is 22.7. The maximum Gasteiger partial charge on any atom is 0.238 e. The van der Waals surface area contributed by atoms with Crippen LogP contribution in [0.5, 0.6) is 0 Å².